The fraction of sp³-hybridized carbons (Fsp3) is 0.333. The number of carbonyl (C=O) groups excluding carboxylic acids is 2. The Bertz CT molecular complexity index is 1360. The van der Waals surface area contributed by atoms with Crippen molar-refractivity contribution in [3.8, 4) is 5.75 Å². The number of aryl methyl sites for hydroxylation is 2. The van der Waals surface area contributed by atoms with Crippen LogP contribution in [0.5, 0.6) is 5.75 Å². The summed E-state index contributed by atoms with van der Waals surface area (Å²) in [5.74, 6) is -0.133. The van der Waals surface area contributed by atoms with E-state index in [-0.39, 0.29) is 17.3 Å². The van der Waals surface area contributed by atoms with Gasteiger partial charge in [-0.3, -0.25) is 13.9 Å². The first kappa shape index (κ1) is 29.7. The van der Waals surface area contributed by atoms with Crippen LogP contribution in [0, 0.1) is 13.8 Å². The van der Waals surface area contributed by atoms with Crippen LogP contribution in [0.3, 0.4) is 0 Å². The van der Waals surface area contributed by atoms with Gasteiger partial charge in [0.15, 0.2) is 0 Å². The number of benzene rings is 3. The zero-order valence-electron chi connectivity index (χ0n) is 23.2. The molecule has 0 saturated heterocycles. The Morgan fingerprint density at radius 2 is 1.56 bits per heavy atom. The summed E-state index contributed by atoms with van der Waals surface area (Å²) in [6.07, 6.45) is 0.751. The first-order valence-electron chi connectivity index (χ1n) is 12.9. The molecule has 0 aliphatic rings. The van der Waals surface area contributed by atoms with E-state index in [1.54, 1.807) is 56.5 Å². The summed E-state index contributed by atoms with van der Waals surface area (Å²) in [4.78, 5) is 28.4. The molecule has 0 aliphatic carbocycles. The number of carbonyl (C=O) groups is 2. The van der Waals surface area contributed by atoms with Gasteiger partial charge in [-0.1, -0.05) is 43.3 Å². The minimum Gasteiger partial charge on any atom is -0.497 e. The summed E-state index contributed by atoms with van der Waals surface area (Å²) in [7, 11) is -2.52. The van der Waals surface area contributed by atoms with Gasteiger partial charge in [-0.15, -0.1) is 0 Å². The van der Waals surface area contributed by atoms with Crippen molar-refractivity contribution < 1.29 is 22.7 Å². The SMILES string of the molecule is CCCNC(=O)C(C)N(Cc1ccc(OC)cc1)C(=O)CN(c1cc(C)cc(C)c1)S(=O)(=O)c1ccccc1. The van der Waals surface area contributed by atoms with Crippen molar-refractivity contribution >= 4 is 27.5 Å². The molecular formula is C30H37N3O5S. The van der Waals surface area contributed by atoms with Crippen molar-refractivity contribution in [3.63, 3.8) is 0 Å². The molecule has 0 fully saturated rings. The highest BCUT2D eigenvalue weighted by atomic mass is 32.2. The van der Waals surface area contributed by atoms with Gasteiger partial charge in [0.25, 0.3) is 10.0 Å². The third-order valence-corrected chi connectivity index (χ3v) is 8.12. The number of nitrogens with one attached hydrogen (secondary N) is 1. The second kappa shape index (κ2) is 13.3. The molecule has 1 N–H and O–H groups in total. The molecule has 0 aromatic heterocycles. The van der Waals surface area contributed by atoms with Gasteiger partial charge in [-0.25, -0.2) is 8.42 Å². The minimum absolute atomic E-state index is 0.0763. The van der Waals surface area contributed by atoms with Gasteiger partial charge in [-0.05, 0) is 80.3 Å². The van der Waals surface area contributed by atoms with Crippen molar-refractivity contribution in [2.45, 2.75) is 51.6 Å². The first-order valence-corrected chi connectivity index (χ1v) is 14.4. The van der Waals surface area contributed by atoms with Gasteiger partial charge in [-0.2, -0.15) is 0 Å². The van der Waals surface area contributed by atoms with E-state index in [1.165, 1.54) is 17.0 Å². The van der Waals surface area contributed by atoms with E-state index >= 15 is 0 Å². The quantitative estimate of drug-likeness (QED) is 0.359. The largest absolute Gasteiger partial charge is 0.497 e. The van der Waals surface area contributed by atoms with E-state index in [0.29, 0.717) is 18.0 Å². The number of ether oxygens (including phenoxy) is 1. The molecule has 1 atom stereocenters. The van der Waals surface area contributed by atoms with Crippen molar-refractivity contribution in [3.05, 3.63) is 89.5 Å². The Hall–Kier alpha value is -3.85. The molecule has 9 heteroatoms. The van der Waals surface area contributed by atoms with Crippen LogP contribution in [0.4, 0.5) is 5.69 Å². The number of rotatable bonds is 12. The average molecular weight is 552 g/mol. The van der Waals surface area contributed by atoms with Crippen LogP contribution >= 0.6 is 0 Å². The number of hydrogen-bond acceptors (Lipinski definition) is 5. The third kappa shape index (κ3) is 7.60. The molecule has 3 rings (SSSR count). The number of sulfonamides is 1. The molecule has 1 unspecified atom stereocenters. The Balaban J connectivity index is 2.03. The van der Waals surface area contributed by atoms with Crippen LogP contribution in [0.2, 0.25) is 0 Å². The van der Waals surface area contributed by atoms with E-state index in [9.17, 15) is 18.0 Å². The maximum absolute atomic E-state index is 13.9. The second-order valence-electron chi connectivity index (χ2n) is 9.51. The lowest BCUT2D eigenvalue weighted by molar-refractivity contribution is -0.139. The highest BCUT2D eigenvalue weighted by molar-refractivity contribution is 7.92. The summed E-state index contributed by atoms with van der Waals surface area (Å²) in [6, 6.07) is 19.8. The molecule has 8 nitrogen and oxygen atoms in total. The van der Waals surface area contributed by atoms with Crippen LogP contribution in [0.15, 0.2) is 77.7 Å². The zero-order chi connectivity index (χ0) is 28.6. The maximum atomic E-state index is 13.9. The lowest BCUT2D eigenvalue weighted by Gasteiger charge is -2.32. The zero-order valence-corrected chi connectivity index (χ0v) is 24.0. The molecule has 0 saturated carbocycles. The van der Waals surface area contributed by atoms with Gasteiger partial charge < -0.3 is 15.0 Å². The van der Waals surface area contributed by atoms with Gasteiger partial charge in [0, 0.05) is 13.1 Å². The summed E-state index contributed by atoms with van der Waals surface area (Å²) >= 11 is 0. The van der Waals surface area contributed by atoms with Gasteiger partial charge in [0.1, 0.15) is 18.3 Å². The van der Waals surface area contributed by atoms with E-state index in [2.05, 4.69) is 5.32 Å². The second-order valence-corrected chi connectivity index (χ2v) is 11.4. The Morgan fingerprint density at radius 3 is 2.13 bits per heavy atom. The van der Waals surface area contributed by atoms with E-state index in [4.69, 9.17) is 4.74 Å². The number of anilines is 1. The molecule has 3 aromatic rings. The van der Waals surface area contributed by atoms with Gasteiger partial charge in [0.05, 0.1) is 17.7 Å². The maximum Gasteiger partial charge on any atom is 0.264 e. The van der Waals surface area contributed by atoms with Crippen molar-refractivity contribution in [2.24, 2.45) is 0 Å². The van der Waals surface area contributed by atoms with Crippen LogP contribution in [0.25, 0.3) is 0 Å². The molecule has 0 spiro atoms. The molecule has 0 bridgehead atoms. The smallest absolute Gasteiger partial charge is 0.264 e. The molecule has 0 aliphatic heterocycles. The summed E-state index contributed by atoms with van der Waals surface area (Å²) in [5, 5.41) is 2.84. The summed E-state index contributed by atoms with van der Waals surface area (Å²) in [5.41, 5.74) is 2.90. The van der Waals surface area contributed by atoms with Crippen molar-refractivity contribution in [1.82, 2.24) is 10.2 Å². The van der Waals surface area contributed by atoms with Crippen molar-refractivity contribution in [1.29, 1.82) is 0 Å². The lowest BCUT2D eigenvalue weighted by atomic mass is 10.1. The van der Waals surface area contributed by atoms with Gasteiger partial charge in [0.2, 0.25) is 11.8 Å². The number of methoxy groups -OCH3 is 1. The number of nitrogens with zero attached hydrogens (tertiary/aromatic N) is 2. The van der Waals surface area contributed by atoms with E-state index in [1.807, 2.05) is 39.0 Å². The number of hydrogen-bond donors (Lipinski definition) is 1. The van der Waals surface area contributed by atoms with Crippen LogP contribution in [-0.4, -0.2) is 51.4 Å². The standard InChI is InChI=1S/C30H37N3O5S/c1-6-16-31-30(35)24(4)32(20-25-12-14-27(38-5)15-13-25)29(34)21-33(26-18-22(2)17-23(3)19-26)39(36,37)28-10-8-7-9-11-28/h7-15,17-19,24H,6,16,20-21H2,1-5H3,(H,31,35). The predicted molar refractivity (Wildman–Crippen MR) is 153 cm³/mol. The Kier molecular flexibility index (Phi) is 10.1. The molecular weight excluding hydrogens is 514 g/mol. The minimum atomic E-state index is -4.09. The predicted octanol–water partition coefficient (Wildman–Crippen LogP) is 4.45. The van der Waals surface area contributed by atoms with Crippen molar-refractivity contribution in [2.75, 3.05) is 24.5 Å². The highest BCUT2D eigenvalue weighted by Gasteiger charge is 2.32. The van der Waals surface area contributed by atoms with Crippen LogP contribution in [-0.2, 0) is 26.2 Å². The molecule has 0 heterocycles. The third-order valence-electron chi connectivity index (χ3n) is 6.33. The molecule has 3 aromatic carbocycles. The Morgan fingerprint density at radius 1 is 0.949 bits per heavy atom. The van der Waals surface area contributed by atoms with Crippen LogP contribution < -0.4 is 14.4 Å². The highest BCUT2D eigenvalue weighted by Crippen LogP contribution is 2.26. The fourth-order valence-corrected chi connectivity index (χ4v) is 5.67. The van der Waals surface area contributed by atoms with Crippen LogP contribution in [0.1, 0.15) is 37.0 Å². The Labute approximate surface area is 231 Å². The lowest BCUT2D eigenvalue weighted by Crippen LogP contribution is -2.51. The van der Waals surface area contributed by atoms with E-state index in [0.717, 1.165) is 27.4 Å². The van der Waals surface area contributed by atoms with E-state index < -0.39 is 28.5 Å². The van der Waals surface area contributed by atoms with Gasteiger partial charge >= 0.3 is 0 Å². The monoisotopic (exact) mass is 551 g/mol. The normalized spacial score (nSPS) is 11.9. The first-order chi connectivity index (χ1) is 18.6. The fourth-order valence-electron chi connectivity index (χ4n) is 4.25. The summed E-state index contributed by atoms with van der Waals surface area (Å²) < 4.78 is 34.1. The topological polar surface area (TPSA) is 96.0 Å². The molecule has 208 valence electrons. The number of amides is 2. The molecule has 2 amide bonds. The average Bonchev–Trinajstić information content (AvgIpc) is 2.92. The molecule has 0 radical (unpaired) electrons. The molecule has 39 heavy (non-hydrogen) atoms. The summed E-state index contributed by atoms with van der Waals surface area (Å²) in [6.45, 7) is 7.48.